The van der Waals surface area contributed by atoms with Gasteiger partial charge in [0.2, 0.25) is 0 Å². The SMILES string of the molecule is N#Cc1ccc(N(CCCc2nnn(CC(=O)O)n2)C2=CC(F)=CCC2)c2c1C=CCC#C2. The van der Waals surface area contributed by atoms with Crippen molar-refractivity contribution in [3.05, 3.63) is 64.4 Å². The molecule has 0 spiro atoms. The van der Waals surface area contributed by atoms with E-state index in [1.807, 2.05) is 23.1 Å². The second kappa shape index (κ2) is 9.92. The number of benzene rings is 1. The highest BCUT2D eigenvalue weighted by Crippen LogP contribution is 2.33. The van der Waals surface area contributed by atoms with E-state index in [1.54, 1.807) is 12.1 Å². The fourth-order valence-electron chi connectivity index (χ4n) is 3.85. The molecule has 0 aliphatic heterocycles. The lowest BCUT2D eigenvalue weighted by molar-refractivity contribution is -0.138. The summed E-state index contributed by atoms with van der Waals surface area (Å²) in [6.45, 7) is 0.192. The molecule has 0 atom stereocenters. The smallest absolute Gasteiger partial charge is 0.327 e. The molecule has 0 amide bonds. The average molecular weight is 444 g/mol. The molecule has 1 heterocycles. The lowest BCUT2D eigenvalue weighted by Gasteiger charge is -2.30. The van der Waals surface area contributed by atoms with E-state index in [1.165, 1.54) is 6.08 Å². The van der Waals surface area contributed by atoms with Gasteiger partial charge in [0.25, 0.3) is 0 Å². The van der Waals surface area contributed by atoms with E-state index in [2.05, 4.69) is 33.3 Å². The van der Waals surface area contributed by atoms with Crippen molar-refractivity contribution in [3.8, 4) is 17.9 Å². The predicted octanol–water partition coefficient (Wildman–Crippen LogP) is 3.37. The molecule has 0 fully saturated rings. The molecule has 9 heteroatoms. The Balaban J connectivity index is 1.63. The fourth-order valence-corrected chi connectivity index (χ4v) is 3.85. The van der Waals surface area contributed by atoms with Crippen LogP contribution in [0.2, 0.25) is 0 Å². The van der Waals surface area contributed by atoms with Gasteiger partial charge in [-0.1, -0.05) is 24.0 Å². The van der Waals surface area contributed by atoms with Gasteiger partial charge in [0.1, 0.15) is 5.83 Å². The van der Waals surface area contributed by atoms with Crippen LogP contribution in [0.1, 0.15) is 48.2 Å². The molecule has 1 aromatic carbocycles. The van der Waals surface area contributed by atoms with E-state index in [4.69, 9.17) is 5.11 Å². The molecule has 0 unspecified atom stereocenters. The van der Waals surface area contributed by atoms with Gasteiger partial charge in [0, 0.05) is 30.6 Å². The Morgan fingerprint density at radius 1 is 1.39 bits per heavy atom. The molecule has 1 N–H and O–H groups in total. The molecular weight excluding hydrogens is 423 g/mol. The second-order valence-electron chi connectivity index (χ2n) is 7.59. The van der Waals surface area contributed by atoms with Crippen molar-refractivity contribution in [1.82, 2.24) is 20.2 Å². The van der Waals surface area contributed by atoms with Crippen molar-refractivity contribution in [2.45, 2.75) is 38.6 Å². The number of allylic oxidation sites excluding steroid dienone is 5. The molecule has 2 aliphatic rings. The molecule has 0 saturated heterocycles. The van der Waals surface area contributed by atoms with Crippen molar-refractivity contribution < 1.29 is 14.3 Å². The predicted molar refractivity (Wildman–Crippen MR) is 119 cm³/mol. The second-order valence-corrected chi connectivity index (χ2v) is 7.59. The number of nitrogens with zero attached hydrogens (tertiary/aromatic N) is 6. The van der Waals surface area contributed by atoms with Crippen molar-refractivity contribution in [3.63, 3.8) is 0 Å². The highest BCUT2D eigenvalue weighted by molar-refractivity contribution is 5.77. The summed E-state index contributed by atoms with van der Waals surface area (Å²) >= 11 is 0. The van der Waals surface area contributed by atoms with Gasteiger partial charge in [-0.15, -0.1) is 10.2 Å². The molecule has 0 radical (unpaired) electrons. The minimum Gasteiger partial charge on any atom is -0.480 e. The van der Waals surface area contributed by atoms with E-state index in [-0.39, 0.29) is 12.4 Å². The van der Waals surface area contributed by atoms with Gasteiger partial charge in [-0.05, 0) is 48.8 Å². The van der Waals surface area contributed by atoms with Crippen molar-refractivity contribution >= 4 is 17.7 Å². The number of rotatable bonds is 8. The molecule has 33 heavy (non-hydrogen) atoms. The van der Waals surface area contributed by atoms with Gasteiger partial charge in [0.15, 0.2) is 12.4 Å². The van der Waals surface area contributed by atoms with Crippen LogP contribution in [-0.2, 0) is 17.8 Å². The molecule has 0 saturated carbocycles. The number of aromatic nitrogens is 4. The first-order valence-electron chi connectivity index (χ1n) is 10.6. The minimum absolute atomic E-state index is 0.273. The van der Waals surface area contributed by atoms with Crippen LogP contribution in [0, 0.1) is 23.2 Å². The first kappa shape index (κ1) is 22.0. The van der Waals surface area contributed by atoms with Crippen LogP contribution in [0.4, 0.5) is 10.1 Å². The summed E-state index contributed by atoms with van der Waals surface area (Å²) in [6.07, 6.45) is 9.92. The number of tetrazole rings is 1. The molecule has 4 rings (SSSR count). The van der Waals surface area contributed by atoms with E-state index in [0.29, 0.717) is 50.0 Å². The number of nitriles is 1. The molecule has 0 bridgehead atoms. The number of carboxylic acid groups (broad SMARTS) is 1. The van der Waals surface area contributed by atoms with Crippen LogP contribution in [-0.4, -0.2) is 37.8 Å². The topological polar surface area (TPSA) is 108 Å². The van der Waals surface area contributed by atoms with Crippen LogP contribution in [0.5, 0.6) is 0 Å². The van der Waals surface area contributed by atoms with Crippen LogP contribution >= 0.6 is 0 Å². The lowest BCUT2D eigenvalue weighted by Crippen LogP contribution is -2.26. The Hall–Kier alpha value is -4.24. The zero-order valence-corrected chi connectivity index (χ0v) is 17.8. The Bertz CT molecular complexity index is 1270. The highest BCUT2D eigenvalue weighted by Gasteiger charge is 2.21. The summed E-state index contributed by atoms with van der Waals surface area (Å²) in [4.78, 5) is 13.9. The van der Waals surface area contributed by atoms with Crippen molar-refractivity contribution in [2.24, 2.45) is 0 Å². The quantitative estimate of drug-likeness (QED) is 0.622. The third-order valence-corrected chi connectivity index (χ3v) is 5.30. The Labute approximate surface area is 190 Å². The monoisotopic (exact) mass is 444 g/mol. The van der Waals surface area contributed by atoms with Gasteiger partial charge in [-0.2, -0.15) is 10.1 Å². The van der Waals surface area contributed by atoms with Gasteiger partial charge in [0.05, 0.1) is 22.9 Å². The normalized spacial score (nSPS) is 14.2. The number of halogens is 1. The van der Waals surface area contributed by atoms with E-state index in [0.717, 1.165) is 27.3 Å². The first-order valence-corrected chi connectivity index (χ1v) is 10.6. The fraction of sp³-hybridized carbons (Fsp3) is 0.292. The number of anilines is 1. The first-order chi connectivity index (χ1) is 16.0. The van der Waals surface area contributed by atoms with Crippen LogP contribution in [0.25, 0.3) is 6.08 Å². The van der Waals surface area contributed by atoms with Crippen LogP contribution < -0.4 is 4.90 Å². The largest absolute Gasteiger partial charge is 0.480 e. The van der Waals surface area contributed by atoms with Gasteiger partial charge >= 0.3 is 5.97 Å². The molecule has 2 aliphatic carbocycles. The molecular formula is C24H21FN6O2. The lowest BCUT2D eigenvalue weighted by atomic mass is 9.98. The molecule has 2 aromatic rings. The van der Waals surface area contributed by atoms with Gasteiger partial charge in [-0.25, -0.2) is 4.39 Å². The number of carboxylic acids is 1. The summed E-state index contributed by atoms with van der Waals surface area (Å²) in [5, 5.41) is 30.2. The summed E-state index contributed by atoms with van der Waals surface area (Å²) in [7, 11) is 0. The Morgan fingerprint density at radius 2 is 2.27 bits per heavy atom. The summed E-state index contributed by atoms with van der Waals surface area (Å²) in [6, 6.07) is 5.86. The van der Waals surface area contributed by atoms with E-state index < -0.39 is 5.97 Å². The third-order valence-electron chi connectivity index (χ3n) is 5.30. The average Bonchev–Trinajstić information content (AvgIpc) is 3.08. The maximum absolute atomic E-state index is 14.1. The number of fused-ring (bicyclic) bond motifs is 1. The van der Waals surface area contributed by atoms with Gasteiger partial charge < -0.3 is 10.0 Å². The number of hydrogen-bond donors (Lipinski definition) is 1. The van der Waals surface area contributed by atoms with Crippen LogP contribution in [0.15, 0.2) is 41.9 Å². The van der Waals surface area contributed by atoms with Gasteiger partial charge in [-0.3, -0.25) is 4.79 Å². The third kappa shape index (κ3) is 5.16. The number of aryl methyl sites for hydroxylation is 1. The van der Waals surface area contributed by atoms with E-state index in [9.17, 15) is 14.4 Å². The summed E-state index contributed by atoms with van der Waals surface area (Å²) < 4.78 is 14.1. The zero-order valence-electron chi connectivity index (χ0n) is 17.8. The van der Waals surface area contributed by atoms with Crippen LogP contribution in [0.3, 0.4) is 0 Å². The Morgan fingerprint density at radius 3 is 3.06 bits per heavy atom. The highest BCUT2D eigenvalue weighted by atomic mass is 19.1. The number of carbonyl (C=O) groups is 1. The molecule has 1 aromatic heterocycles. The standard InChI is InChI=1S/C24H21FN6O2/c25-18-6-4-7-19(14-18)30(13-5-10-23-27-29-31(28-23)16-24(32)33)22-12-11-17(15-26)20-8-2-1-3-9-21(20)22/h2,6,8,11-12,14H,1,4-5,7,10,13,16H2,(H,32,33). The van der Waals surface area contributed by atoms with E-state index >= 15 is 0 Å². The summed E-state index contributed by atoms with van der Waals surface area (Å²) in [5.41, 5.74) is 3.73. The zero-order chi connectivity index (χ0) is 23.2. The summed E-state index contributed by atoms with van der Waals surface area (Å²) in [5.74, 6) is 5.43. The maximum atomic E-state index is 14.1. The molecule has 166 valence electrons. The Kier molecular flexibility index (Phi) is 6.61. The van der Waals surface area contributed by atoms with Crippen molar-refractivity contribution in [1.29, 1.82) is 5.26 Å². The number of hydrogen-bond acceptors (Lipinski definition) is 6. The maximum Gasteiger partial charge on any atom is 0.327 e. The molecule has 8 nitrogen and oxygen atoms in total. The minimum atomic E-state index is -1.04. The van der Waals surface area contributed by atoms with Crippen molar-refractivity contribution in [2.75, 3.05) is 11.4 Å². The number of aliphatic carboxylic acids is 1.